The van der Waals surface area contributed by atoms with Gasteiger partial charge >= 0.3 is 5.97 Å². The van der Waals surface area contributed by atoms with Crippen LogP contribution in [-0.2, 0) is 16.0 Å². The number of unbranched alkanes of at least 4 members (excludes halogenated alkanes) is 1. The van der Waals surface area contributed by atoms with Crippen molar-refractivity contribution in [2.45, 2.75) is 38.3 Å². The fraction of sp³-hybridized carbons (Fsp3) is 0.647. The molecule has 0 amide bonds. The molecule has 2 unspecified atom stereocenters. The first-order valence-corrected chi connectivity index (χ1v) is 9.47. The van der Waals surface area contributed by atoms with Crippen molar-refractivity contribution in [3.05, 3.63) is 30.1 Å². The van der Waals surface area contributed by atoms with Crippen LogP contribution >= 0.6 is 11.8 Å². The number of nitrogens with zero attached hydrogens (tertiary/aromatic N) is 1. The van der Waals surface area contributed by atoms with Gasteiger partial charge in [0.05, 0.1) is 12.7 Å². The van der Waals surface area contributed by atoms with Gasteiger partial charge < -0.3 is 20.3 Å². The minimum absolute atomic E-state index is 0.216. The van der Waals surface area contributed by atoms with Crippen LogP contribution in [0.3, 0.4) is 0 Å². The Labute approximate surface area is 148 Å². The monoisotopic (exact) mass is 356 g/mol. The third kappa shape index (κ3) is 9.87. The number of pyridine rings is 1. The number of carboxylic acids is 1. The predicted octanol–water partition coefficient (Wildman–Crippen LogP) is 1.58. The summed E-state index contributed by atoms with van der Waals surface area (Å²) in [4.78, 5) is 15.2. The average molecular weight is 356 g/mol. The van der Waals surface area contributed by atoms with Gasteiger partial charge in [-0.05, 0) is 36.3 Å². The van der Waals surface area contributed by atoms with E-state index in [-0.39, 0.29) is 13.2 Å². The van der Waals surface area contributed by atoms with E-state index < -0.39 is 18.1 Å². The zero-order chi connectivity index (χ0) is 17.6. The Bertz CT molecular complexity index is 447. The summed E-state index contributed by atoms with van der Waals surface area (Å²) in [6.07, 6.45) is 5.72. The van der Waals surface area contributed by atoms with Gasteiger partial charge in [-0.3, -0.25) is 9.78 Å². The quantitative estimate of drug-likeness (QED) is 0.436. The van der Waals surface area contributed by atoms with Crippen LogP contribution in [0.1, 0.15) is 25.3 Å². The van der Waals surface area contributed by atoms with Crippen molar-refractivity contribution in [2.75, 3.05) is 31.3 Å². The molecule has 3 N–H and O–H groups in total. The highest BCUT2D eigenvalue weighted by molar-refractivity contribution is 7.99. The SMILES string of the molecule is CCCCOCC(O)CNC(CSCCc1ccncc1)C(=O)O. The molecule has 0 bridgehead atoms. The van der Waals surface area contributed by atoms with E-state index in [0.717, 1.165) is 25.0 Å². The smallest absolute Gasteiger partial charge is 0.321 e. The van der Waals surface area contributed by atoms with Crippen LogP contribution in [-0.4, -0.2) is 64.6 Å². The zero-order valence-electron chi connectivity index (χ0n) is 14.2. The van der Waals surface area contributed by atoms with Gasteiger partial charge in [-0.15, -0.1) is 0 Å². The summed E-state index contributed by atoms with van der Waals surface area (Å²) in [6.45, 7) is 3.15. The number of aliphatic hydroxyl groups excluding tert-OH is 1. The van der Waals surface area contributed by atoms with Crippen molar-refractivity contribution in [1.29, 1.82) is 0 Å². The van der Waals surface area contributed by atoms with E-state index >= 15 is 0 Å². The number of carboxylic acid groups (broad SMARTS) is 1. The number of aryl methyl sites for hydroxylation is 1. The molecular weight excluding hydrogens is 328 g/mol. The molecule has 1 rings (SSSR count). The number of rotatable bonds is 14. The van der Waals surface area contributed by atoms with Gasteiger partial charge in [-0.25, -0.2) is 0 Å². The molecule has 0 saturated carbocycles. The van der Waals surface area contributed by atoms with E-state index in [2.05, 4.69) is 17.2 Å². The Morgan fingerprint density at radius 1 is 1.42 bits per heavy atom. The second kappa shape index (κ2) is 13.2. The number of ether oxygens (including phenoxy) is 1. The molecule has 0 aromatic carbocycles. The van der Waals surface area contributed by atoms with Crippen molar-refractivity contribution >= 4 is 17.7 Å². The summed E-state index contributed by atoms with van der Waals surface area (Å²) in [5.41, 5.74) is 1.19. The van der Waals surface area contributed by atoms with Gasteiger partial charge in [0.25, 0.3) is 0 Å². The number of aromatic nitrogens is 1. The Morgan fingerprint density at radius 2 is 2.17 bits per heavy atom. The lowest BCUT2D eigenvalue weighted by Crippen LogP contribution is -2.43. The molecule has 7 heteroatoms. The molecule has 1 heterocycles. The number of carbonyl (C=O) groups is 1. The molecule has 0 radical (unpaired) electrons. The molecule has 1 aromatic rings. The molecule has 24 heavy (non-hydrogen) atoms. The third-order valence-electron chi connectivity index (χ3n) is 3.42. The average Bonchev–Trinajstić information content (AvgIpc) is 2.58. The Morgan fingerprint density at radius 3 is 2.83 bits per heavy atom. The minimum atomic E-state index is -0.898. The molecule has 0 aliphatic heterocycles. The number of hydrogen-bond donors (Lipinski definition) is 3. The standard InChI is InChI=1S/C17H28N2O4S/c1-2-3-9-23-12-15(20)11-19-16(17(21)22)13-24-10-6-14-4-7-18-8-5-14/h4-5,7-8,15-16,19-20H,2-3,6,9-13H2,1H3,(H,21,22). The van der Waals surface area contributed by atoms with Gasteiger partial charge in [-0.1, -0.05) is 13.3 Å². The highest BCUT2D eigenvalue weighted by Crippen LogP contribution is 2.08. The number of aliphatic hydroxyl groups is 1. The molecule has 2 atom stereocenters. The lowest BCUT2D eigenvalue weighted by molar-refractivity contribution is -0.139. The van der Waals surface area contributed by atoms with Gasteiger partial charge in [0, 0.05) is 31.3 Å². The van der Waals surface area contributed by atoms with E-state index in [1.165, 1.54) is 5.56 Å². The fourth-order valence-corrected chi connectivity index (χ4v) is 3.00. The first kappa shape index (κ1) is 20.9. The molecular formula is C17H28N2O4S. The van der Waals surface area contributed by atoms with Crippen LogP contribution in [0, 0.1) is 0 Å². The highest BCUT2D eigenvalue weighted by atomic mass is 32.2. The lowest BCUT2D eigenvalue weighted by Gasteiger charge is -2.17. The summed E-state index contributed by atoms with van der Waals surface area (Å²) >= 11 is 1.58. The summed E-state index contributed by atoms with van der Waals surface area (Å²) in [5, 5.41) is 22.0. The molecule has 0 spiro atoms. The van der Waals surface area contributed by atoms with Crippen LogP contribution in [0.4, 0.5) is 0 Å². The van der Waals surface area contributed by atoms with E-state index in [0.29, 0.717) is 12.4 Å². The largest absolute Gasteiger partial charge is 0.480 e. The number of thioether (sulfide) groups is 1. The van der Waals surface area contributed by atoms with Crippen LogP contribution in [0.2, 0.25) is 0 Å². The molecule has 0 aliphatic rings. The van der Waals surface area contributed by atoms with Crippen LogP contribution in [0.5, 0.6) is 0 Å². The summed E-state index contributed by atoms with van der Waals surface area (Å²) in [6, 6.07) is 3.25. The number of nitrogens with one attached hydrogen (secondary N) is 1. The zero-order valence-corrected chi connectivity index (χ0v) is 15.0. The maximum absolute atomic E-state index is 11.3. The Kier molecular flexibility index (Phi) is 11.5. The number of aliphatic carboxylic acids is 1. The summed E-state index contributed by atoms with van der Waals surface area (Å²) in [5.74, 6) is 0.410. The molecule has 1 aromatic heterocycles. The van der Waals surface area contributed by atoms with Gasteiger partial charge in [0.2, 0.25) is 0 Å². The van der Waals surface area contributed by atoms with Gasteiger partial charge in [-0.2, -0.15) is 11.8 Å². The third-order valence-corrected chi connectivity index (χ3v) is 4.48. The van der Waals surface area contributed by atoms with Crippen molar-refractivity contribution in [3.63, 3.8) is 0 Å². The van der Waals surface area contributed by atoms with Gasteiger partial charge in [0.1, 0.15) is 6.04 Å². The molecule has 136 valence electrons. The lowest BCUT2D eigenvalue weighted by atomic mass is 10.2. The Hall–Kier alpha value is -1.15. The second-order valence-electron chi connectivity index (χ2n) is 5.56. The molecule has 0 saturated heterocycles. The van der Waals surface area contributed by atoms with Crippen LogP contribution in [0.25, 0.3) is 0 Å². The first-order valence-electron chi connectivity index (χ1n) is 8.32. The first-order chi connectivity index (χ1) is 11.6. The van der Waals surface area contributed by atoms with Crippen molar-refractivity contribution in [2.24, 2.45) is 0 Å². The summed E-state index contributed by atoms with van der Waals surface area (Å²) in [7, 11) is 0. The van der Waals surface area contributed by atoms with Crippen molar-refractivity contribution in [3.8, 4) is 0 Å². The number of hydrogen-bond acceptors (Lipinski definition) is 6. The second-order valence-corrected chi connectivity index (χ2v) is 6.71. The molecule has 0 aliphatic carbocycles. The molecule has 0 fully saturated rings. The van der Waals surface area contributed by atoms with Gasteiger partial charge in [0.15, 0.2) is 0 Å². The van der Waals surface area contributed by atoms with E-state index in [1.807, 2.05) is 12.1 Å². The maximum Gasteiger partial charge on any atom is 0.321 e. The van der Waals surface area contributed by atoms with Crippen molar-refractivity contribution < 1.29 is 19.7 Å². The van der Waals surface area contributed by atoms with Crippen LogP contribution < -0.4 is 5.32 Å². The predicted molar refractivity (Wildman–Crippen MR) is 96.4 cm³/mol. The normalized spacial score (nSPS) is 13.6. The topological polar surface area (TPSA) is 91.7 Å². The fourth-order valence-electron chi connectivity index (χ4n) is 1.96. The van der Waals surface area contributed by atoms with E-state index in [1.54, 1.807) is 24.2 Å². The van der Waals surface area contributed by atoms with Crippen molar-refractivity contribution in [1.82, 2.24) is 10.3 Å². The maximum atomic E-state index is 11.3. The van der Waals surface area contributed by atoms with Crippen LogP contribution in [0.15, 0.2) is 24.5 Å². The highest BCUT2D eigenvalue weighted by Gasteiger charge is 2.18. The molecule has 6 nitrogen and oxygen atoms in total. The summed E-state index contributed by atoms with van der Waals surface area (Å²) < 4.78 is 5.33. The van der Waals surface area contributed by atoms with E-state index in [4.69, 9.17) is 4.74 Å². The Balaban J connectivity index is 2.17. The van der Waals surface area contributed by atoms with E-state index in [9.17, 15) is 15.0 Å². The minimum Gasteiger partial charge on any atom is -0.480 e.